The van der Waals surface area contributed by atoms with Crippen LogP contribution in [0.1, 0.15) is 12.5 Å². The molecule has 2 aromatic carbocycles. The zero-order valence-electron chi connectivity index (χ0n) is 11.1. The molecule has 0 saturated heterocycles. The van der Waals surface area contributed by atoms with Gasteiger partial charge < -0.3 is 4.74 Å². The number of ether oxygens (including phenoxy) is 1. The minimum Gasteiger partial charge on any atom is -0.423 e. The van der Waals surface area contributed by atoms with Crippen molar-refractivity contribution < 1.29 is 9.53 Å². The summed E-state index contributed by atoms with van der Waals surface area (Å²) in [6, 6.07) is 15.7. The van der Waals surface area contributed by atoms with E-state index in [0.29, 0.717) is 11.3 Å². The van der Waals surface area contributed by atoms with Crippen LogP contribution in [0.3, 0.4) is 0 Å². The lowest BCUT2D eigenvalue weighted by Crippen LogP contribution is -2.07. The van der Waals surface area contributed by atoms with Gasteiger partial charge in [-0.3, -0.25) is 0 Å². The Bertz CT molecular complexity index is 609. The Balaban J connectivity index is 2.22. The van der Waals surface area contributed by atoms with E-state index in [-0.39, 0.29) is 0 Å². The molecular formula is C17H16O2. The van der Waals surface area contributed by atoms with Crippen LogP contribution in [0.25, 0.3) is 11.1 Å². The molecule has 2 aromatic rings. The molecule has 0 unspecified atom stereocenters. The smallest absolute Gasteiger partial charge is 0.338 e. The molecule has 0 aliphatic carbocycles. The van der Waals surface area contributed by atoms with Crippen LogP contribution in [-0.4, -0.2) is 5.97 Å². The first-order valence-corrected chi connectivity index (χ1v) is 6.11. The Hall–Kier alpha value is -2.35. The SMILES string of the molecule is C=C(C)C(=O)Oc1ccc(-c2ccccc2C)cc1. The number of aryl methyl sites for hydroxylation is 1. The van der Waals surface area contributed by atoms with Gasteiger partial charge in [0.15, 0.2) is 0 Å². The molecule has 0 atom stereocenters. The molecule has 0 spiro atoms. The van der Waals surface area contributed by atoms with E-state index in [1.54, 1.807) is 19.1 Å². The molecule has 0 heterocycles. The highest BCUT2D eigenvalue weighted by atomic mass is 16.5. The second kappa shape index (κ2) is 5.53. The summed E-state index contributed by atoms with van der Waals surface area (Å²) >= 11 is 0. The van der Waals surface area contributed by atoms with Crippen molar-refractivity contribution in [1.82, 2.24) is 0 Å². The zero-order chi connectivity index (χ0) is 13.8. The van der Waals surface area contributed by atoms with Crippen LogP contribution in [0.15, 0.2) is 60.7 Å². The fraction of sp³-hybridized carbons (Fsp3) is 0.118. The molecule has 0 N–H and O–H groups in total. The highest BCUT2D eigenvalue weighted by Crippen LogP contribution is 2.25. The molecular weight excluding hydrogens is 236 g/mol. The Morgan fingerprint density at radius 2 is 1.68 bits per heavy atom. The van der Waals surface area contributed by atoms with Gasteiger partial charge in [-0.25, -0.2) is 4.79 Å². The summed E-state index contributed by atoms with van der Waals surface area (Å²) in [5, 5.41) is 0. The van der Waals surface area contributed by atoms with Crippen LogP contribution in [0.5, 0.6) is 5.75 Å². The van der Waals surface area contributed by atoms with E-state index in [2.05, 4.69) is 25.6 Å². The van der Waals surface area contributed by atoms with Crippen molar-refractivity contribution in [2.45, 2.75) is 13.8 Å². The molecule has 0 aromatic heterocycles. The maximum absolute atomic E-state index is 11.4. The summed E-state index contributed by atoms with van der Waals surface area (Å²) in [6.07, 6.45) is 0. The third-order valence-corrected chi connectivity index (χ3v) is 2.87. The van der Waals surface area contributed by atoms with Gasteiger partial charge in [-0.05, 0) is 42.7 Å². The lowest BCUT2D eigenvalue weighted by Gasteiger charge is -2.07. The predicted octanol–water partition coefficient (Wildman–Crippen LogP) is 4.14. The molecule has 96 valence electrons. The van der Waals surface area contributed by atoms with Gasteiger partial charge >= 0.3 is 5.97 Å². The van der Waals surface area contributed by atoms with Crippen molar-refractivity contribution in [3.8, 4) is 16.9 Å². The van der Waals surface area contributed by atoms with E-state index in [1.165, 1.54) is 11.1 Å². The first-order valence-electron chi connectivity index (χ1n) is 6.11. The summed E-state index contributed by atoms with van der Waals surface area (Å²) in [6.45, 7) is 7.26. The van der Waals surface area contributed by atoms with E-state index < -0.39 is 5.97 Å². The maximum atomic E-state index is 11.4. The first kappa shape index (κ1) is 13.1. The van der Waals surface area contributed by atoms with Gasteiger partial charge in [0, 0.05) is 5.57 Å². The van der Waals surface area contributed by atoms with Crippen LogP contribution in [0, 0.1) is 6.92 Å². The minimum atomic E-state index is -0.399. The highest BCUT2D eigenvalue weighted by Gasteiger charge is 2.06. The van der Waals surface area contributed by atoms with Crippen LogP contribution >= 0.6 is 0 Å². The van der Waals surface area contributed by atoms with Gasteiger partial charge in [-0.15, -0.1) is 0 Å². The molecule has 0 amide bonds. The van der Waals surface area contributed by atoms with E-state index in [0.717, 1.165) is 5.56 Å². The minimum absolute atomic E-state index is 0.392. The molecule has 0 aliphatic heterocycles. The van der Waals surface area contributed by atoms with Crippen LogP contribution in [0.4, 0.5) is 0 Å². The van der Waals surface area contributed by atoms with Crippen LogP contribution < -0.4 is 4.74 Å². The van der Waals surface area contributed by atoms with Crippen molar-refractivity contribution >= 4 is 5.97 Å². The second-order valence-corrected chi connectivity index (χ2v) is 4.51. The van der Waals surface area contributed by atoms with Gasteiger partial charge in [0.05, 0.1) is 0 Å². The molecule has 2 rings (SSSR count). The second-order valence-electron chi connectivity index (χ2n) is 4.51. The normalized spacial score (nSPS) is 10.0. The third kappa shape index (κ3) is 3.10. The van der Waals surface area contributed by atoms with Gasteiger partial charge in [-0.2, -0.15) is 0 Å². The molecule has 2 heteroatoms. The van der Waals surface area contributed by atoms with Crippen molar-refractivity contribution in [2.75, 3.05) is 0 Å². The lowest BCUT2D eigenvalue weighted by molar-refractivity contribution is -0.130. The van der Waals surface area contributed by atoms with E-state index in [1.807, 2.05) is 24.3 Å². The predicted molar refractivity (Wildman–Crippen MR) is 77.1 cm³/mol. The average Bonchev–Trinajstić information content (AvgIpc) is 2.40. The average molecular weight is 252 g/mol. The topological polar surface area (TPSA) is 26.3 Å². The summed E-state index contributed by atoms with van der Waals surface area (Å²) in [7, 11) is 0. The third-order valence-electron chi connectivity index (χ3n) is 2.87. The van der Waals surface area contributed by atoms with Crippen LogP contribution in [-0.2, 0) is 4.79 Å². The highest BCUT2D eigenvalue weighted by molar-refractivity contribution is 5.88. The van der Waals surface area contributed by atoms with Crippen molar-refractivity contribution in [1.29, 1.82) is 0 Å². The number of benzene rings is 2. The molecule has 2 nitrogen and oxygen atoms in total. The van der Waals surface area contributed by atoms with E-state index in [4.69, 9.17) is 4.74 Å². The number of carbonyl (C=O) groups is 1. The quantitative estimate of drug-likeness (QED) is 0.466. The first-order chi connectivity index (χ1) is 9.08. The molecule has 0 bridgehead atoms. The van der Waals surface area contributed by atoms with Gasteiger partial charge in [0.2, 0.25) is 0 Å². The Morgan fingerprint density at radius 1 is 1.05 bits per heavy atom. The van der Waals surface area contributed by atoms with E-state index in [9.17, 15) is 4.79 Å². The lowest BCUT2D eigenvalue weighted by atomic mass is 10.0. The summed E-state index contributed by atoms with van der Waals surface area (Å²) in [5.41, 5.74) is 3.89. The van der Waals surface area contributed by atoms with Crippen molar-refractivity contribution in [3.63, 3.8) is 0 Å². The molecule has 0 fully saturated rings. The number of esters is 1. The summed E-state index contributed by atoms with van der Waals surface area (Å²) in [4.78, 5) is 11.4. The van der Waals surface area contributed by atoms with Gasteiger partial charge in [-0.1, -0.05) is 43.0 Å². The van der Waals surface area contributed by atoms with Crippen molar-refractivity contribution in [3.05, 3.63) is 66.2 Å². The van der Waals surface area contributed by atoms with Crippen LogP contribution in [0.2, 0.25) is 0 Å². The Labute approximate surface area is 113 Å². The van der Waals surface area contributed by atoms with E-state index >= 15 is 0 Å². The Morgan fingerprint density at radius 3 is 2.26 bits per heavy atom. The summed E-state index contributed by atoms with van der Waals surface area (Å²) < 4.78 is 5.16. The number of hydrogen-bond donors (Lipinski definition) is 0. The van der Waals surface area contributed by atoms with Crippen molar-refractivity contribution in [2.24, 2.45) is 0 Å². The standard InChI is InChI=1S/C17H16O2/c1-12(2)17(18)19-15-10-8-14(9-11-15)16-7-5-4-6-13(16)3/h4-11H,1H2,2-3H3. The molecule has 0 saturated carbocycles. The number of rotatable bonds is 3. The number of carbonyl (C=O) groups excluding carboxylic acids is 1. The monoisotopic (exact) mass is 252 g/mol. The Kier molecular flexibility index (Phi) is 3.81. The fourth-order valence-electron chi connectivity index (χ4n) is 1.79. The van der Waals surface area contributed by atoms with Gasteiger partial charge in [0.1, 0.15) is 5.75 Å². The molecule has 0 radical (unpaired) electrons. The maximum Gasteiger partial charge on any atom is 0.338 e. The molecule has 0 aliphatic rings. The van der Waals surface area contributed by atoms with Gasteiger partial charge in [0.25, 0.3) is 0 Å². The molecule has 19 heavy (non-hydrogen) atoms. The fourth-order valence-corrected chi connectivity index (χ4v) is 1.79. The largest absolute Gasteiger partial charge is 0.423 e. The number of hydrogen-bond acceptors (Lipinski definition) is 2. The zero-order valence-corrected chi connectivity index (χ0v) is 11.1. The summed E-state index contributed by atoms with van der Waals surface area (Å²) in [5.74, 6) is 0.133.